The number of sulfone groups is 1. The van der Waals surface area contributed by atoms with Crippen LogP contribution in [0.3, 0.4) is 0 Å². The fourth-order valence-electron chi connectivity index (χ4n) is 1.60. The SMILES string of the molecule is Cc1cccc2c1NC(=O)CCS2(=O)=O. The van der Waals surface area contributed by atoms with E-state index in [2.05, 4.69) is 5.32 Å². The fourth-order valence-corrected chi connectivity index (χ4v) is 3.08. The molecule has 0 fully saturated rings. The molecule has 0 aliphatic carbocycles. The summed E-state index contributed by atoms with van der Waals surface area (Å²) in [6.45, 7) is 1.78. The Kier molecular flexibility index (Phi) is 2.26. The maximum absolute atomic E-state index is 11.8. The van der Waals surface area contributed by atoms with Gasteiger partial charge in [-0.1, -0.05) is 12.1 Å². The van der Waals surface area contributed by atoms with Gasteiger partial charge in [-0.25, -0.2) is 8.42 Å². The number of carbonyl (C=O) groups is 1. The third-order valence-electron chi connectivity index (χ3n) is 2.43. The molecule has 0 spiro atoms. The van der Waals surface area contributed by atoms with Gasteiger partial charge in [-0.3, -0.25) is 4.79 Å². The number of hydrogen-bond donors (Lipinski definition) is 1. The van der Waals surface area contributed by atoms with Crippen LogP contribution in [0, 0.1) is 6.92 Å². The summed E-state index contributed by atoms with van der Waals surface area (Å²) in [5.41, 5.74) is 1.20. The Hall–Kier alpha value is -1.36. The van der Waals surface area contributed by atoms with Crippen molar-refractivity contribution in [3.05, 3.63) is 23.8 Å². The van der Waals surface area contributed by atoms with Crippen LogP contribution < -0.4 is 5.32 Å². The Bertz CT molecular complexity index is 519. The summed E-state index contributed by atoms with van der Waals surface area (Å²) in [6.07, 6.45) is 0.0243. The quantitative estimate of drug-likeness (QED) is 0.719. The van der Waals surface area contributed by atoms with Gasteiger partial charge < -0.3 is 5.32 Å². The molecule has 1 heterocycles. The number of aryl methyl sites for hydroxylation is 1. The van der Waals surface area contributed by atoms with E-state index >= 15 is 0 Å². The van der Waals surface area contributed by atoms with Gasteiger partial charge in [0.05, 0.1) is 16.3 Å². The third-order valence-corrected chi connectivity index (χ3v) is 4.18. The van der Waals surface area contributed by atoms with E-state index in [1.807, 2.05) is 0 Å². The number of amides is 1. The molecule has 2 rings (SSSR count). The van der Waals surface area contributed by atoms with Gasteiger partial charge in [0.1, 0.15) is 0 Å². The van der Waals surface area contributed by atoms with Crippen LogP contribution in [0.1, 0.15) is 12.0 Å². The van der Waals surface area contributed by atoms with Crippen molar-refractivity contribution < 1.29 is 13.2 Å². The lowest BCUT2D eigenvalue weighted by atomic mass is 10.2. The highest BCUT2D eigenvalue weighted by Crippen LogP contribution is 2.28. The van der Waals surface area contributed by atoms with Gasteiger partial charge in [0, 0.05) is 6.42 Å². The summed E-state index contributed by atoms with van der Waals surface area (Å²) < 4.78 is 23.6. The van der Waals surface area contributed by atoms with Crippen LogP contribution in [0.25, 0.3) is 0 Å². The molecule has 1 aromatic rings. The predicted molar refractivity (Wildman–Crippen MR) is 56.5 cm³/mol. The van der Waals surface area contributed by atoms with E-state index in [0.717, 1.165) is 5.56 Å². The van der Waals surface area contributed by atoms with Gasteiger partial charge in [0.2, 0.25) is 5.91 Å². The minimum absolute atomic E-state index is 0.0243. The molecule has 0 saturated heterocycles. The average Bonchev–Trinajstić information content (AvgIpc) is 2.28. The minimum atomic E-state index is -3.32. The minimum Gasteiger partial charge on any atom is -0.325 e. The number of carbonyl (C=O) groups excluding carboxylic acids is 1. The van der Waals surface area contributed by atoms with Crippen LogP contribution >= 0.6 is 0 Å². The van der Waals surface area contributed by atoms with Gasteiger partial charge in [0.25, 0.3) is 0 Å². The molecule has 1 aliphatic rings. The number of hydrogen-bond acceptors (Lipinski definition) is 3. The monoisotopic (exact) mass is 225 g/mol. The molecule has 1 N–H and O–H groups in total. The largest absolute Gasteiger partial charge is 0.325 e. The predicted octanol–water partition coefficient (Wildman–Crippen LogP) is 1.11. The number of fused-ring (bicyclic) bond motifs is 1. The van der Waals surface area contributed by atoms with E-state index < -0.39 is 9.84 Å². The molecule has 0 bridgehead atoms. The second-order valence-electron chi connectivity index (χ2n) is 3.57. The topological polar surface area (TPSA) is 63.2 Å². The number of anilines is 1. The summed E-state index contributed by atoms with van der Waals surface area (Å²) >= 11 is 0. The first-order valence-corrected chi connectivity index (χ1v) is 6.28. The van der Waals surface area contributed by atoms with Crippen molar-refractivity contribution in [2.75, 3.05) is 11.1 Å². The Morgan fingerprint density at radius 2 is 2.07 bits per heavy atom. The summed E-state index contributed by atoms with van der Waals surface area (Å²) in [7, 11) is -3.32. The Morgan fingerprint density at radius 1 is 1.33 bits per heavy atom. The molecule has 0 aromatic heterocycles. The fraction of sp³-hybridized carbons (Fsp3) is 0.300. The zero-order valence-corrected chi connectivity index (χ0v) is 9.10. The molecule has 1 aromatic carbocycles. The van der Waals surface area contributed by atoms with E-state index in [1.165, 1.54) is 6.07 Å². The second kappa shape index (κ2) is 3.34. The smallest absolute Gasteiger partial charge is 0.225 e. The average molecular weight is 225 g/mol. The van der Waals surface area contributed by atoms with Gasteiger partial charge in [0.15, 0.2) is 9.84 Å². The van der Waals surface area contributed by atoms with Crippen molar-refractivity contribution in [1.82, 2.24) is 0 Å². The number of nitrogens with one attached hydrogen (secondary N) is 1. The molecule has 80 valence electrons. The molecule has 1 amide bonds. The Labute approximate surface area is 88.2 Å². The van der Waals surface area contributed by atoms with Crippen LogP contribution in [-0.4, -0.2) is 20.1 Å². The first-order valence-electron chi connectivity index (χ1n) is 4.63. The van der Waals surface area contributed by atoms with Gasteiger partial charge in [-0.05, 0) is 18.6 Å². The van der Waals surface area contributed by atoms with Crippen LogP contribution in [0.4, 0.5) is 5.69 Å². The molecule has 1 aliphatic heterocycles. The van der Waals surface area contributed by atoms with Crippen molar-refractivity contribution >= 4 is 21.4 Å². The first-order chi connectivity index (χ1) is 7.00. The maximum atomic E-state index is 11.8. The van der Waals surface area contributed by atoms with E-state index in [-0.39, 0.29) is 23.0 Å². The lowest BCUT2D eigenvalue weighted by Gasteiger charge is -2.08. The molecule has 0 atom stereocenters. The van der Waals surface area contributed by atoms with Crippen LogP contribution in [0.5, 0.6) is 0 Å². The first kappa shape index (κ1) is 10.2. The van der Waals surface area contributed by atoms with Crippen molar-refractivity contribution in [2.45, 2.75) is 18.2 Å². The number of benzene rings is 1. The highest BCUT2D eigenvalue weighted by Gasteiger charge is 2.25. The van der Waals surface area contributed by atoms with Crippen LogP contribution in [0.15, 0.2) is 23.1 Å². The zero-order chi connectivity index (χ0) is 11.1. The molecule has 0 unspecified atom stereocenters. The highest BCUT2D eigenvalue weighted by molar-refractivity contribution is 7.91. The van der Waals surface area contributed by atoms with Gasteiger partial charge >= 0.3 is 0 Å². The summed E-state index contributed by atoms with van der Waals surface area (Å²) in [5.74, 6) is -0.360. The zero-order valence-electron chi connectivity index (χ0n) is 8.28. The van der Waals surface area contributed by atoms with Gasteiger partial charge in [-0.2, -0.15) is 0 Å². The van der Waals surface area contributed by atoms with Crippen molar-refractivity contribution in [3.8, 4) is 0 Å². The molecular weight excluding hydrogens is 214 g/mol. The Morgan fingerprint density at radius 3 is 2.80 bits per heavy atom. The summed E-state index contributed by atoms with van der Waals surface area (Å²) in [6, 6.07) is 4.99. The molecule has 15 heavy (non-hydrogen) atoms. The molecule has 0 radical (unpaired) electrons. The molecule has 5 heteroatoms. The lowest BCUT2D eigenvalue weighted by Crippen LogP contribution is -2.11. The van der Waals surface area contributed by atoms with Crippen molar-refractivity contribution in [2.24, 2.45) is 0 Å². The van der Waals surface area contributed by atoms with E-state index in [1.54, 1.807) is 19.1 Å². The standard InChI is InChI=1S/C10H11NO3S/c1-7-3-2-4-8-10(7)11-9(12)5-6-15(8,13)14/h2-4H,5-6H2,1H3,(H,11,12). The molecule has 0 saturated carbocycles. The van der Waals surface area contributed by atoms with Crippen LogP contribution in [0.2, 0.25) is 0 Å². The lowest BCUT2D eigenvalue weighted by molar-refractivity contribution is -0.115. The van der Waals surface area contributed by atoms with E-state index in [9.17, 15) is 13.2 Å². The normalized spacial score (nSPS) is 18.9. The number of rotatable bonds is 0. The second-order valence-corrected chi connectivity index (χ2v) is 5.64. The maximum Gasteiger partial charge on any atom is 0.225 e. The molecule has 4 nitrogen and oxygen atoms in total. The van der Waals surface area contributed by atoms with Gasteiger partial charge in [-0.15, -0.1) is 0 Å². The highest BCUT2D eigenvalue weighted by atomic mass is 32.2. The van der Waals surface area contributed by atoms with E-state index in [0.29, 0.717) is 5.69 Å². The summed E-state index contributed by atoms with van der Waals surface area (Å²) in [5, 5.41) is 2.63. The third kappa shape index (κ3) is 1.74. The van der Waals surface area contributed by atoms with Crippen molar-refractivity contribution in [1.29, 1.82) is 0 Å². The van der Waals surface area contributed by atoms with Crippen LogP contribution in [-0.2, 0) is 14.6 Å². The number of para-hydroxylation sites is 1. The van der Waals surface area contributed by atoms with Crippen molar-refractivity contribution in [3.63, 3.8) is 0 Å². The molecular formula is C10H11NO3S. The van der Waals surface area contributed by atoms with E-state index in [4.69, 9.17) is 0 Å². The Balaban J connectivity index is 2.71. The summed E-state index contributed by atoms with van der Waals surface area (Å²) in [4.78, 5) is 11.5.